The van der Waals surface area contributed by atoms with Gasteiger partial charge in [0.15, 0.2) is 5.84 Å². The number of amidine groups is 1. The minimum atomic E-state index is 0.0618. The molecule has 0 spiro atoms. The maximum Gasteiger partial charge on any atom is 0.171 e. The van der Waals surface area contributed by atoms with Crippen LogP contribution in [0.4, 0.5) is 0 Å². The third kappa shape index (κ3) is 2.05. The number of imidazole rings is 1. The molecule has 19 heavy (non-hydrogen) atoms. The van der Waals surface area contributed by atoms with Crippen LogP contribution in [0.1, 0.15) is 29.8 Å². The number of oxime groups is 1. The summed E-state index contributed by atoms with van der Waals surface area (Å²) >= 11 is 0. The molecule has 2 heterocycles. The van der Waals surface area contributed by atoms with Gasteiger partial charge >= 0.3 is 0 Å². The Morgan fingerprint density at radius 3 is 2.84 bits per heavy atom. The highest BCUT2D eigenvalue weighted by Gasteiger charge is 2.16. The normalized spacial score (nSPS) is 15.3. The summed E-state index contributed by atoms with van der Waals surface area (Å²) in [5.74, 6) is 0.872. The zero-order valence-corrected chi connectivity index (χ0v) is 10.5. The van der Waals surface area contributed by atoms with Crippen LogP contribution in [-0.4, -0.2) is 25.6 Å². The van der Waals surface area contributed by atoms with E-state index in [9.17, 15) is 0 Å². The zero-order valence-electron chi connectivity index (χ0n) is 10.5. The lowest BCUT2D eigenvalue weighted by molar-refractivity contribution is 0.318. The number of aryl methyl sites for hydroxylation is 1. The van der Waals surface area contributed by atoms with Crippen molar-refractivity contribution in [1.82, 2.24) is 14.5 Å². The van der Waals surface area contributed by atoms with Crippen LogP contribution in [0.3, 0.4) is 0 Å². The Morgan fingerprint density at radius 2 is 2.11 bits per heavy atom. The molecule has 0 radical (unpaired) electrons. The summed E-state index contributed by atoms with van der Waals surface area (Å²) in [5, 5.41) is 11.6. The van der Waals surface area contributed by atoms with Crippen molar-refractivity contribution in [3.63, 3.8) is 0 Å². The van der Waals surface area contributed by atoms with Crippen molar-refractivity contribution in [3.8, 4) is 5.82 Å². The number of aromatic nitrogens is 3. The standard InChI is InChI=1S/C13H15N5O/c14-13(17-19)9-5-6-12(15-7-9)18-8-16-10-3-1-2-4-11(10)18/h5-8,19H,1-4H2,(H2,14,17). The number of pyridine rings is 1. The molecule has 0 aromatic carbocycles. The molecule has 2 aromatic heterocycles. The van der Waals surface area contributed by atoms with Crippen LogP contribution in [0, 0.1) is 0 Å². The largest absolute Gasteiger partial charge is 0.409 e. The van der Waals surface area contributed by atoms with Gasteiger partial charge in [-0.2, -0.15) is 0 Å². The topological polar surface area (TPSA) is 89.3 Å². The molecule has 0 bridgehead atoms. The number of nitrogens with zero attached hydrogens (tertiary/aromatic N) is 4. The van der Waals surface area contributed by atoms with E-state index in [4.69, 9.17) is 10.9 Å². The van der Waals surface area contributed by atoms with Gasteiger partial charge in [-0.05, 0) is 37.8 Å². The second-order valence-corrected chi connectivity index (χ2v) is 4.61. The predicted octanol–water partition coefficient (Wildman–Crippen LogP) is 1.24. The second kappa shape index (κ2) is 4.72. The summed E-state index contributed by atoms with van der Waals surface area (Å²) in [7, 11) is 0. The van der Waals surface area contributed by atoms with E-state index in [-0.39, 0.29) is 5.84 Å². The van der Waals surface area contributed by atoms with Crippen molar-refractivity contribution in [2.75, 3.05) is 0 Å². The van der Waals surface area contributed by atoms with Crippen LogP contribution < -0.4 is 5.73 Å². The van der Waals surface area contributed by atoms with Crippen molar-refractivity contribution in [3.05, 3.63) is 41.6 Å². The van der Waals surface area contributed by atoms with Gasteiger partial charge in [0, 0.05) is 17.5 Å². The van der Waals surface area contributed by atoms with Gasteiger partial charge in [-0.1, -0.05) is 5.16 Å². The summed E-state index contributed by atoms with van der Waals surface area (Å²) in [5.41, 5.74) is 8.53. The maximum absolute atomic E-state index is 8.62. The highest BCUT2D eigenvalue weighted by atomic mass is 16.4. The highest BCUT2D eigenvalue weighted by Crippen LogP contribution is 2.22. The minimum Gasteiger partial charge on any atom is -0.409 e. The lowest BCUT2D eigenvalue weighted by Gasteiger charge is -2.13. The number of nitrogens with two attached hydrogens (primary N) is 1. The van der Waals surface area contributed by atoms with E-state index in [0.717, 1.165) is 18.7 Å². The van der Waals surface area contributed by atoms with Crippen LogP contribution in [0.15, 0.2) is 29.8 Å². The molecule has 2 aromatic rings. The van der Waals surface area contributed by atoms with Crippen LogP contribution in [0.5, 0.6) is 0 Å². The fraction of sp³-hybridized carbons (Fsp3) is 0.308. The number of fused-ring (bicyclic) bond motifs is 1. The van der Waals surface area contributed by atoms with Gasteiger partial charge < -0.3 is 10.9 Å². The SMILES string of the molecule is N/C(=N/O)c1ccc(-n2cnc3c2CCCC3)nc1. The Balaban J connectivity index is 1.96. The van der Waals surface area contributed by atoms with E-state index < -0.39 is 0 Å². The predicted molar refractivity (Wildman–Crippen MR) is 70.5 cm³/mol. The molecule has 6 nitrogen and oxygen atoms in total. The third-order valence-electron chi connectivity index (χ3n) is 3.43. The van der Waals surface area contributed by atoms with Gasteiger partial charge in [-0.3, -0.25) is 4.57 Å². The van der Waals surface area contributed by atoms with Gasteiger partial charge in [0.2, 0.25) is 0 Å². The van der Waals surface area contributed by atoms with E-state index in [0.29, 0.717) is 5.56 Å². The van der Waals surface area contributed by atoms with Crippen molar-refractivity contribution >= 4 is 5.84 Å². The summed E-state index contributed by atoms with van der Waals surface area (Å²) in [6, 6.07) is 3.64. The molecule has 0 unspecified atom stereocenters. The van der Waals surface area contributed by atoms with Gasteiger partial charge in [0.05, 0.1) is 5.69 Å². The molecule has 0 aliphatic heterocycles. The average molecular weight is 257 g/mol. The minimum absolute atomic E-state index is 0.0618. The first-order valence-corrected chi connectivity index (χ1v) is 6.29. The summed E-state index contributed by atoms with van der Waals surface area (Å²) < 4.78 is 2.02. The van der Waals surface area contributed by atoms with Crippen LogP contribution >= 0.6 is 0 Å². The van der Waals surface area contributed by atoms with E-state index >= 15 is 0 Å². The van der Waals surface area contributed by atoms with Crippen molar-refractivity contribution in [2.24, 2.45) is 10.9 Å². The highest BCUT2D eigenvalue weighted by molar-refractivity contribution is 5.96. The summed E-state index contributed by atoms with van der Waals surface area (Å²) in [6.45, 7) is 0. The molecule has 0 fully saturated rings. The molecular weight excluding hydrogens is 242 g/mol. The molecule has 3 N–H and O–H groups in total. The first-order valence-electron chi connectivity index (χ1n) is 6.29. The van der Waals surface area contributed by atoms with E-state index in [2.05, 4.69) is 15.1 Å². The third-order valence-corrected chi connectivity index (χ3v) is 3.43. The maximum atomic E-state index is 8.62. The smallest absolute Gasteiger partial charge is 0.171 e. The Hall–Kier alpha value is -2.37. The second-order valence-electron chi connectivity index (χ2n) is 4.61. The molecular formula is C13H15N5O. The molecule has 0 atom stereocenters. The van der Waals surface area contributed by atoms with Gasteiger partial charge in [-0.25, -0.2) is 9.97 Å². The molecule has 1 aliphatic rings. The fourth-order valence-electron chi connectivity index (χ4n) is 2.40. The zero-order chi connectivity index (χ0) is 13.2. The number of rotatable bonds is 2. The Kier molecular flexibility index (Phi) is 2.91. The lowest BCUT2D eigenvalue weighted by atomic mass is 10.0. The van der Waals surface area contributed by atoms with Crippen molar-refractivity contribution in [1.29, 1.82) is 0 Å². The molecule has 0 saturated carbocycles. The summed E-state index contributed by atoms with van der Waals surface area (Å²) in [4.78, 5) is 8.79. The Labute approximate surface area is 110 Å². The lowest BCUT2D eigenvalue weighted by Crippen LogP contribution is -2.14. The summed E-state index contributed by atoms with van der Waals surface area (Å²) in [6.07, 6.45) is 7.91. The van der Waals surface area contributed by atoms with Crippen LogP contribution in [-0.2, 0) is 12.8 Å². The van der Waals surface area contributed by atoms with Gasteiger partial charge in [0.25, 0.3) is 0 Å². The molecule has 98 valence electrons. The molecule has 0 amide bonds. The quantitative estimate of drug-likeness (QED) is 0.366. The van der Waals surface area contributed by atoms with Crippen LogP contribution in [0.2, 0.25) is 0 Å². The molecule has 0 saturated heterocycles. The molecule has 3 rings (SSSR count). The van der Waals surface area contributed by atoms with Crippen LogP contribution in [0.25, 0.3) is 5.82 Å². The monoisotopic (exact) mass is 257 g/mol. The van der Waals surface area contributed by atoms with Gasteiger partial charge in [-0.15, -0.1) is 0 Å². The van der Waals surface area contributed by atoms with Crippen molar-refractivity contribution in [2.45, 2.75) is 25.7 Å². The van der Waals surface area contributed by atoms with E-state index in [1.807, 2.05) is 17.0 Å². The average Bonchev–Trinajstić information content (AvgIpc) is 2.90. The Morgan fingerprint density at radius 1 is 1.26 bits per heavy atom. The number of hydrogen-bond acceptors (Lipinski definition) is 4. The first kappa shape index (κ1) is 11.7. The first-order chi connectivity index (χ1) is 9.29. The molecule has 6 heteroatoms. The number of hydrogen-bond donors (Lipinski definition) is 2. The van der Waals surface area contributed by atoms with Crippen molar-refractivity contribution < 1.29 is 5.21 Å². The van der Waals surface area contributed by atoms with E-state index in [1.54, 1.807) is 12.3 Å². The van der Waals surface area contributed by atoms with Gasteiger partial charge in [0.1, 0.15) is 12.1 Å². The fourth-order valence-corrected chi connectivity index (χ4v) is 2.40. The molecule has 1 aliphatic carbocycles. The van der Waals surface area contributed by atoms with E-state index in [1.165, 1.54) is 24.2 Å². The Bertz CT molecular complexity index is 614.